The Labute approximate surface area is 165 Å². The predicted octanol–water partition coefficient (Wildman–Crippen LogP) is 3.18. The number of hydrogen-bond acceptors (Lipinski definition) is 4. The molecule has 0 spiro atoms. The summed E-state index contributed by atoms with van der Waals surface area (Å²) < 4.78 is 33.8. The summed E-state index contributed by atoms with van der Waals surface area (Å²) in [5.74, 6) is 0. The molecule has 28 heavy (non-hydrogen) atoms. The lowest BCUT2D eigenvalue weighted by molar-refractivity contribution is 0.0495. The Morgan fingerprint density at radius 1 is 0.964 bits per heavy atom. The van der Waals surface area contributed by atoms with Crippen molar-refractivity contribution in [2.45, 2.75) is 30.1 Å². The van der Waals surface area contributed by atoms with Gasteiger partial charge in [0.1, 0.15) is 0 Å². The molecule has 0 aromatic heterocycles. The van der Waals surface area contributed by atoms with E-state index in [0.29, 0.717) is 13.0 Å². The van der Waals surface area contributed by atoms with Gasteiger partial charge in [-0.1, -0.05) is 60.7 Å². The van der Waals surface area contributed by atoms with Crippen LogP contribution in [0.4, 0.5) is 0 Å². The van der Waals surface area contributed by atoms with E-state index in [9.17, 15) is 13.5 Å². The van der Waals surface area contributed by atoms with Crippen molar-refractivity contribution in [1.29, 1.82) is 0 Å². The summed E-state index contributed by atoms with van der Waals surface area (Å²) in [5.41, 5.74) is 1.04. The van der Waals surface area contributed by atoms with Crippen LogP contribution in [0.1, 0.15) is 12.0 Å². The van der Waals surface area contributed by atoms with Crippen LogP contribution in [0.15, 0.2) is 77.7 Å². The fraction of sp³-hybridized carbons (Fsp3) is 0.273. The highest BCUT2D eigenvalue weighted by Crippen LogP contribution is 2.29. The number of benzene rings is 3. The maximum absolute atomic E-state index is 13.2. The monoisotopic (exact) mass is 397 g/mol. The Balaban J connectivity index is 1.53. The highest BCUT2D eigenvalue weighted by molar-refractivity contribution is 7.89. The Bertz CT molecular complexity index is 1050. The van der Waals surface area contributed by atoms with Crippen molar-refractivity contribution >= 4 is 20.8 Å². The zero-order valence-corrected chi connectivity index (χ0v) is 16.3. The average Bonchev–Trinajstić information content (AvgIpc) is 3.17. The second kappa shape index (κ2) is 8.01. The number of rotatable bonds is 6. The van der Waals surface area contributed by atoms with Gasteiger partial charge >= 0.3 is 0 Å². The number of aliphatic hydroxyl groups is 1. The molecule has 3 aromatic carbocycles. The third-order valence-electron chi connectivity index (χ3n) is 5.19. The second-order valence-corrected chi connectivity index (χ2v) is 8.96. The van der Waals surface area contributed by atoms with Crippen LogP contribution >= 0.6 is 0 Å². The Kier molecular flexibility index (Phi) is 5.46. The second-order valence-electron chi connectivity index (χ2n) is 7.07. The molecule has 6 heteroatoms. The van der Waals surface area contributed by atoms with Gasteiger partial charge in [-0.05, 0) is 34.9 Å². The van der Waals surface area contributed by atoms with Gasteiger partial charge in [0, 0.05) is 6.54 Å². The molecule has 2 atom stereocenters. The largest absolute Gasteiger partial charge is 0.395 e. The molecular formula is C22H23NO4S. The average molecular weight is 397 g/mol. The van der Waals surface area contributed by atoms with Crippen molar-refractivity contribution in [2.75, 3.05) is 13.2 Å². The third kappa shape index (κ3) is 3.82. The molecule has 1 N–H and O–H groups in total. The molecule has 1 aliphatic rings. The van der Waals surface area contributed by atoms with Crippen molar-refractivity contribution in [3.05, 3.63) is 78.4 Å². The van der Waals surface area contributed by atoms with Crippen molar-refractivity contribution in [2.24, 2.45) is 0 Å². The van der Waals surface area contributed by atoms with E-state index in [1.165, 1.54) is 4.31 Å². The predicted molar refractivity (Wildman–Crippen MR) is 108 cm³/mol. The maximum atomic E-state index is 13.2. The molecular weight excluding hydrogens is 374 g/mol. The summed E-state index contributed by atoms with van der Waals surface area (Å²) in [6.07, 6.45) is 0.239. The van der Waals surface area contributed by atoms with Crippen LogP contribution in [0, 0.1) is 0 Å². The minimum atomic E-state index is -3.71. The van der Waals surface area contributed by atoms with Gasteiger partial charge in [0.05, 0.1) is 30.3 Å². The first-order valence-corrected chi connectivity index (χ1v) is 10.8. The summed E-state index contributed by atoms with van der Waals surface area (Å²) in [7, 11) is -3.71. The summed E-state index contributed by atoms with van der Waals surface area (Å²) in [6.45, 7) is 0.443. The molecule has 4 rings (SSSR count). The normalized spacial score (nSPS) is 20.6. The first-order valence-electron chi connectivity index (χ1n) is 9.35. The molecule has 146 valence electrons. The number of aliphatic hydroxyl groups excluding tert-OH is 1. The van der Waals surface area contributed by atoms with E-state index in [2.05, 4.69) is 0 Å². The quantitative estimate of drug-likeness (QED) is 0.694. The number of ether oxygens (including phenoxy) is 1. The molecule has 0 aliphatic carbocycles. The summed E-state index contributed by atoms with van der Waals surface area (Å²) >= 11 is 0. The standard InChI is InChI=1S/C22H23NO4S/c24-15-20-13-21(27-16-17-6-2-1-3-7-17)14-23(20)28(25,26)22-11-10-18-8-4-5-9-19(18)12-22/h1-12,20-21,24H,13-16H2. The Hall–Kier alpha value is -2.25. The van der Waals surface area contributed by atoms with E-state index >= 15 is 0 Å². The van der Waals surface area contributed by atoms with E-state index in [0.717, 1.165) is 16.3 Å². The SMILES string of the molecule is O=S(=O)(c1ccc2ccccc2c1)N1CC(OCc2ccccc2)CC1CO. The van der Waals surface area contributed by atoms with Crippen LogP contribution in [-0.2, 0) is 21.4 Å². The number of nitrogens with zero attached hydrogens (tertiary/aromatic N) is 1. The van der Waals surface area contributed by atoms with E-state index in [1.54, 1.807) is 12.1 Å². The van der Waals surface area contributed by atoms with Gasteiger partial charge in [0.2, 0.25) is 10.0 Å². The third-order valence-corrected chi connectivity index (χ3v) is 7.11. The zero-order valence-electron chi connectivity index (χ0n) is 15.4. The minimum absolute atomic E-state index is 0.224. The molecule has 0 saturated carbocycles. The summed E-state index contributed by atoms with van der Waals surface area (Å²) in [6, 6.07) is 22.1. The summed E-state index contributed by atoms with van der Waals surface area (Å²) in [4.78, 5) is 0.244. The molecule has 0 radical (unpaired) electrons. The lowest BCUT2D eigenvalue weighted by Crippen LogP contribution is -2.38. The van der Waals surface area contributed by atoms with Gasteiger partial charge in [-0.15, -0.1) is 0 Å². The minimum Gasteiger partial charge on any atom is -0.395 e. The molecule has 2 unspecified atom stereocenters. The number of hydrogen-bond donors (Lipinski definition) is 1. The fourth-order valence-corrected chi connectivity index (χ4v) is 5.37. The molecule has 0 amide bonds. The van der Waals surface area contributed by atoms with E-state index in [1.807, 2.05) is 60.7 Å². The van der Waals surface area contributed by atoms with Gasteiger partial charge in [0.25, 0.3) is 0 Å². The molecule has 1 aliphatic heterocycles. The molecule has 1 fully saturated rings. The van der Waals surface area contributed by atoms with Crippen molar-refractivity contribution in [3.8, 4) is 0 Å². The van der Waals surface area contributed by atoms with Crippen molar-refractivity contribution < 1.29 is 18.3 Å². The zero-order chi connectivity index (χ0) is 19.6. The van der Waals surface area contributed by atoms with E-state index in [-0.39, 0.29) is 24.2 Å². The molecule has 5 nitrogen and oxygen atoms in total. The first-order chi connectivity index (χ1) is 13.6. The van der Waals surface area contributed by atoms with Crippen LogP contribution in [0.25, 0.3) is 10.8 Å². The molecule has 3 aromatic rings. The summed E-state index contributed by atoms with van der Waals surface area (Å²) in [5, 5.41) is 11.6. The van der Waals surface area contributed by atoms with E-state index in [4.69, 9.17) is 4.74 Å². The van der Waals surface area contributed by atoms with Crippen LogP contribution < -0.4 is 0 Å². The molecule has 1 heterocycles. The first kappa shape index (κ1) is 19.1. The van der Waals surface area contributed by atoms with Crippen LogP contribution in [-0.4, -0.2) is 43.1 Å². The van der Waals surface area contributed by atoms with Crippen molar-refractivity contribution in [3.63, 3.8) is 0 Å². The van der Waals surface area contributed by atoms with Crippen LogP contribution in [0.3, 0.4) is 0 Å². The number of fused-ring (bicyclic) bond motifs is 1. The molecule has 1 saturated heterocycles. The topological polar surface area (TPSA) is 66.8 Å². The van der Waals surface area contributed by atoms with E-state index < -0.39 is 16.1 Å². The lowest BCUT2D eigenvalue weighted by Gasteiger charge is -2.22. The molecule has 0 bridgehead atoms. The Morgan fingerprint density at radius 2 is 1.68 bits per heavy atom. The van der Waals surface area contributed by atoms with Gasteiger partial charge in [0.15, 0.2) is 0 Å². The van der Waals surface area contributed by atoms with Gasteiger partial charge in [-0.25, -0.2) is 8.42 Å². The lowest BCUT2D eigenvalue weighted by atomic mass is 10.1. The number of sulfonamides is 1. The van der Waals surface area contributed by atoms with Crippen LogP contribution in [0.5, 0.6) is 0 Å². The van der Waals surface area contributed by atoms with Gasteiger partial charge in [-0.2, -0.15) is 4.31 Å². The highest BCUT2D eigenvalue weighted by atomic mass is 32.2. The van der Waals surface area contributed by atoms with Crippen LogP contribution in [0.2, 0.25) is 0 Å². The fourth-order valence-electron chi connectivity index (χ4n) is 3.68. The smallest absolute Gasteiger partial charge is 0.243 e. The van der Waals surface area contributed by atoms with Gasteiger partial charge in [-0.3, -0.25) is 0 Å². The van der Waals surface area contributed by atoms with Crippen molar-refractivity contribution in [1.82, 2.24) is 4.31 Å². The maximum Gasteiger partial charge on any atom is 0.243 e. The van der Waals surface area contributed by atoms with Gasteiger partial charge < -0.3 is 9.84 Å². The highest BCUT2D eigenvalue weighted by Gasteiger charge is 2.40. The Morgan fingerprint density at radius 3 is 2.43 bits per heavy atom.